The third-order valence-electron chi connectivity index (χ3n) is 12.4. The van der Waals surface area contributed by atoms with Crippen LogP contribution in [0.3, 0.4) is 0 Å². The number of allylic oxidation sites excluding steroid dienone is 6. The Morgan fingerprint density at radius 3 is 1.27 bits per heavy atom. The van der Waals surface area contributed by atoms with Crippen LogP contribution >= 0.6 is 0 Å². The molecular weight excluding hydrogens is 767 g/mol. The summed E-state index contributed by atoms with van der Waals surface area (Å²) in [5, 5.41) is 23.1. The number of hydrogen-bond donors (Lipinski definition) is 3. The van der Waals surface area contributed by atoms with Crippen LogP contribution < -0.4 is 5.32 Å². The first kappa shape index (κ1) is 60.1. The fourth-order valence-corrected chi connectivity index (χ4v) is 8.19. The molecule has 0 radical (unpaired) electrons. The molecule has 6 nitrogen and oxygen atoms in total. The maximum absolute atomic E-state index is 12.4. The van der Waals surface area contributed by atoms with Gasteiger partial charge >= 0.3 is 5.97 Å². The summed E-state index contributed by atoms with van der Waals surface area (Å²) in [6, 6.07) is -0.546. The molecule has 1 amide bonds. The number of esters is 1. The van der Waals surface area contributed by atoms with Crippen molar-refractivity contribution in [3.63, 3.8) is 0 Å². The highest BCUT2D eigenvalue weighted by Gasteiger charge is 2.20. The van der Waals surface area contributed by atoms with Crippen LogP contribution in [0, 0.1) is 0 Å². The average molecular weight is 872 g/mol. The highest BCUT2D eigenvalue weighted by Crippen LogP contribution is 2.16. The number of unbranched alkanes of at least 4 members (excludes halogenated alkanes) is 33. The molecule has 6 heteroatoms. The van der Waals surface area contributed by atoms with E-state index in [-0.39, 0.29) is 18.5 Å². The number of amides is 1. The smallest absolute Gasteiger partial charge is 0.305 e. The van der Waals surface area contributed by atoms with Gasteiger partial charge in [0.15, 0.2) is 0 Å². The van der Waals surface area contributed by atoms with Crippen LogP contribution in [0.1, 0.15) is 284 Å². The molecule has 2 unspecified atom stereocenters. The van der Waals surface area contributed by atoms with E-state index in [2.05, 4.69) is 55.6 Å². The van der Waals surface area contributed by atoms with Crippen molar-refractivity contribution in [2.45, 2.75) is 296 Å². The normalized spacial score (nSPS) is 12.9. The number of rotatable bonds is 50. The van der Waals surface area contributed by atoms with Gasteiger partial charge in [0.25, 0.3) is 0 Å². The molecular formula is C56H105NO5. The zero-order valence-corrected chi connectivity index (χ0v) is 41.4. The lowest BCUT2D eigenvalue weighted by molar-refractivity contribution is -0.143. The molecule has 0 aromatic heterocycles. The van der Waals surface area contributed by atoms with E-state index in [0.29, 0.717) is 25.9 Å². The Kier molecular flexibility index (Phi) is 50.1. The van der Waals surface area contributed by atoms with Crippen LogP contribution in [-0.2, 0) is 14.3 Å². The number of aliphatic hydroxyl groups excluding tert-OH is 2. The molecule has 0 saturated carbocycles. The number of carbonyl (C=O) groups excluding carboxylic acids is 2. The summed E-state index contributed by atoms with van der Waals surface area (Å²) in [7, 11) is 0. The standard InChI is InChI=1S/C56H105NO5/c1-3-5-7-9-11-13-15-16-23-27-30-34-38-42-46-50-56(61)62-51-47-43-39-35-31-28-25-22-20-18-17-19-21-24-26-29-33-37-41-45-49-55(60)57-53(52-58)54(59)48-44-40-36-32-14-12-10-8-6-4-2/h11,13,16-17,19,23,53-54,58-59H,3-10,12,14-15,18,20-22,24-52H2,1-2H3,(H,57,60)/b13-11-,19-17-,23-16-. The number of hydrogen-bond acceptors (Lipinski definition) is 5. The van der Waals surface area contributed by atoms with E-state index in [1.165, 1.54) is 199 Å². The van der Waals surface area contributed by atoms with Crippen LogP contribution in [0.4, 0.5) is 0 Å². The third-order valence-corrected chi connectivity index (χ3v) is 12.4. The van der Waals surface area contributed by atoms with Crippen LogP contribution in [0.15, 0.2) is 36.5 Å². The molecule has 0 aliphatic carbocycles. The second-order valence-electron chi connectivity index (χ2n) is 18.6. The second-order valence-corrected chi connectivity index (χ2v) is 18.6. The zero-order valence-electron chi connectivity index (χ0n) is 41.4. The van der Waals surface area contributed by atoms with Gasteiger partial charge in [0.05, 0.1) is 25.4 Å². The Morgan fingerprint density at radius 2 is 0.806 bits per heavy atom. The predicted octanol–water partition coefficient (Wildman–Crippen LogP) is 16.5. The fourth-order valence-electron chi connectivity index (χ4n) is 8.19. The van der Waals surface area contributed by atoms with Crippen molar-refractivity contribution in [3.05, 3.63) is 36.5 Å². The fraction of sp³-hybridized carbons (Fsp3) is 0.857. The molecule has 62 heavy (non-hydrogen) atoms. The van der Waals surface area contributed by atoms with Crippen molar-refractivity contribution in [2.24, 2.45) is 0 Å². The first-order valence-electron chi connectivity index (χ1n) is 27.2. The molecule has 0 heterocycles. The molecule has 0 aromatic rings. The Labute approximate surface area is 385 Å². The van der Waals surface area contributed by atoms with Gasteiger partial charge in [-0.15, -0.1) is 0 Å². The molecule has 3 N–H and O–H groups in total. The van der Waals surface area contributed by atoms with E-state index in [1.807, 2.05) is 0 Å². The minimum atomic E-state index is -0.668. The van der Waals surface area contributed by atoms with Gasteiger partial charge in [-0.3, -0.25) is 9.59 Å². The summed E-state index contributed by atoms with van der Waals surface area (Å²) in [6.07, 6.45) is 62.7. The van der Waals surface area contributed by atoms with Gasteiger partial charge in [0.1, 0.15) is 0 Å². The summed E-state index contributed by atoms with van der Waals surface area (Å²) in [5.74, 6) is -0.0545. The van der Waals surface area contributed by atoms with Crippen LogP contribution in [0.5, 0.6) is 0 Å². The summed E-state index contributed by atoms with van der Waals surface area (Å²) < 4.78 is 5.46. The van der Waals surface area contributed by atoms with Gasteiger partial charge in [0, 0.05) is 12.8 Å². The molecule has 0 spiro atoms. The van der Waals surface area contributed by atoms with Crippen molar-refractivity contribution in [1.29, 1.82) is 0 Å². The SMILES string of the molecule is CCCCC/C=C\C/C=C\CCCCCCCC(=O)OCCCCCCCCCCC/C=C\CCCCCCCCCC(=O)NC(CO)C(O)CCCCCCCCCCCC. The third kappa shape index (κ3) is 47.6. The first-order valence-corrected chi connectivity index (χ1v) is 27.2. The molecule has 0 bridgehead atoms. The van der Waals surface area contributed by atoms with Gasteiger partial charge in [-0.2, -0.15) is 0 Å². The number of ether oxygens (including phenoxy) is 1. The Hall–Kier alpha value is -1.92. The van der Waals surface area contributed by atoms with Crippen molar-refractivity contribution in [2.75, 3.05) is 13.2 Å². The van der Waals surface area contributed by atoms with Crippen LogP contribution in [0.2, 0.25) is 0 Å². The first-order chi connectivity index (χ1) is 30.5. The number of carbonyl (C=O) groups is 2. The monoisotopic (exact) mass is 872 g/mol. The lowest BCUT2D eigenvalue weighted by Crippen LogP contribution is -2.45. The summed E-state index contributed by atoms with van der Waals surface area (Å²) in [6.45, 7) is 4.89. The molecule has 0 fully saturated rings. The van der Waals surface area contributed by atoms with Crippen LogP contribution in [-0.4, -0.2) is 47.4 Å². The lowest BCUT2D eigenvalue weighted by Gasteiger charge is -2.22. The molecule has 364 valence electrons. The van der Waals surface area contributed by atoms with Gasteiger partial charge in [0.2, 0.25) is 5.91 Å². The van der Waals surface area contributed by atoms with E-state index in [4.69, 9.17) is 4.74 Å². The van der Waals surface area contributed by atoms with Crippen LogP contribution in [0.25, 0.3) is 0 Å². The predicted molar refractivity (Wildman–Crippen MR) is 269 cm³/mol. The average Bonchev–Trinajstić information content (AvgIpc) is 3.27. The van der Waals surface area contributed by atoms with Crippen molar-refractivity contribution in [3.8, 4) is 0 Å². The molecule has 0 rings (SSSR count). The Morgan fingerprint density at radius 1 is 0.452 bits per heavy atom. The lowest BCUT2D eigenvalue weighted by atomic mass is 10.0. The maximum atomic E-state index is 12.4. The second kappa shape index (κ2) is 51.7. The summed E-state index contributed by atoms with van der Waals surface area (Å²) in [4.78, 5) is 24.4. The van der Waals surface area contributed by atoms with Gasteiger partial charge < -0.3 is 20.3 Å². The van der Waals surface area contributed by atoms with Gasteiger partial charge in [-0.25, -0.2) is 0 Å². The Bertz CT molecular complexity index is 1010. The topological polar surface area (TPSA) is 95.9 Å². The largest absolute Gasteiger partial charge is 0.466 e. The van der Waals surface area contributed by atoms with Gasteiger partial charge in [-0.1, -0.05) is 224 Å². The minimum absolute atomic E-state index is 0.00833. The highest BCUT2D eigenvalue weighted by molar-refractivity contribution is 5.76. The number of nitrogens with one attached hydrogen (secondary N) is 1. The zero-order chi connectivity index (χ0) is 45.1. The quantitative estimate of drug-likeness (QED) is 0.0321. The van der Waals surface area contributed by atoms with E-state index < -0.39 is 12.1 Å². The van der Waals surface area contributed by atoms with E-state index in [1.54, 1.807) is 0 Å². The summed E-state index contributed by atoms with van der Waals surface area (Å²) >= 11 is 0. The maximum Gasteiger partial charge on any atom is 0.305 e. The van der Waals surface area contributed by atoms with E-state index >= 15 is 0 Å². The molecule has 0 saturated heterocycles. The minimum Gasteiger partial charge on any atom is -0.466 e. The Balaban J connectivity index is 3.42. The molecule has 0 aliphatic rings. The van der Waals surface area contributed by atoms with E-state index in [9.17, 15) is 19.8 Å². The van der Waals surface area contributed by atoms with Gasteiger partial charge in [-0.05, 0) is 83.5 Å². The number of aliphatic hydroxyl groups is 2. The summed E-state index contributed by atoms with van der Waals surface area (Å²) in [5.41, 5.74) is 0. The molecule has 0 aliphatic heterocycles. The molecule has 2 atom stereocenters. The highest BCUT2D eigenvalue weighted by atomic mass is 16.5. The van der Waals surface area contributed by atoms with Crippen molar-refractivity contribution in [1.82, 2.24) is 5.32 Å². The van der Waals surface area contributed by atoms with Crippen molar-refractivity contribution >= 4 is 11.9 Å². The van der Waals surface area contributed by atoms with E-state index in [0.717, 1.165) is 51.4 Å². The molecule has 0 aromatic carbocycles. The van der Waals surface area contributed by atoms with Crippen molar-refractivity contribution < 1.29 is 24.5 Å².